The van der Waals surface area contributed by atoms with Crippen molar-refractivity contribution in [1.29, 1.82) is 0 Å². The summed E-state index contributed by atoms with van der Waals surface area (Å²) >= 11 is 3.35. The minimum Gasteiger partial charge on any atom is -0.481 e. The van der Waals surface area contributed by atoms with Gasteiger partial charge in [0.25, 0.3) is 0 Å². The summed E-state index contributed by atoms with van der Waals surface area (Å²) in [6, 6.07) is 5.18. The van der Waals surface area contributed by atoms with E-state index in [1.165, 1.54) is 11.9 Å². The summed E-state index contributed by atoms with van der Waals surface area (Å²) in [6.45, 7) is 0.257. The second kappa shape index (κ2) is 7.63. The highest BCUT2D eigenvalue weighted by Gasteiger charge is 2.24. The summed E-state index contributed by atoms with van der Waals surface area (Å²) in [5, 5.41) is 19.7. The van der Waals surface area contributed by atoms with Gasteiger partial charge in [-0.2, -0.15) is 0 Å². The van der Waals surface area contributed by atoms with Crippen LogP contribution in [-0.2, 0) is 16.1 Å². The number of aliphatic carboxylic acids is 2. The second-order valence-corrected chi connectivity index (χ2v) is 5.24. The number of urea groups is 1. The van der Waals surface area contributed by atoms with Crippen molar-refractivity contribution in [3.8, 4) is 0 Å². The number of carbonyl (C=O) groups excluding carboxylic acids is 1. The van der Waals surface area contributed by atoms with Crippen molar-refractivity contribution < 1.29 is 24.6 Å². The molecule has 1 aromatic carbocycles. The zero-order valence-corrected chi connectivity index (χ0v) is 12.8. The molecule has 1 atom stereocenters. The SMILES string of the molecule is CN(Cc1ccccc1Br)C(=O)NC(CC(=O)O)C(=O)O. The van der Waals surface area contributed by atoms with E-state index in [2.05, 4.69) is 21.2 Å². The fourth-order valence-corrected chi connectivity index (χ4v) is 2.00. The lowest BCUT2D eigenvalue weighted by Gasteiger charge is -2.21. The molecule has 0 heterocycles. The molecule has 114 valence electrons. The predicted octanol–water partition coefficient (Wildman–Crippen LogP) is 1.52. The lowest BCUT2D eigenvalue weighted by Crippen LogP contribution is -2.47. The highest BCUT2D eigenvalue weighted by molar-refractivity contribution is 9.10. The first kappa shape index (κ1) is 17.0. The standard InChI is InChI=1S/C13H15BrN2O5/c1-16(7-8-4-2-3-5-9(8)14)13(21)15-10(12(19)20)6-11(17)18/h2-5,10H,6-7H2,1H3,(H,15,21)(H,17,18)(H,19,20). The Hall–Kier alpha value is -2.09. The number of hydrogen-bond acceptors (Lipinski definition) is 3. The maximum absolute atomic E-state index is 11.9. The van der Waals surface area contributed by atoms with Crippen LogP contribution in [0.25, 0.3) is 0 Å². The number of benzene rings is 1. The topological polar surface area (TPSA) is 107 Å². The maximum atomic E-state index is 11.9. The molecule has 0 aromatic heterocycles. The predicted molar refractivity (Wildman–Crippen MR) is 77.8 cm³/mol. The van der Waals surface area contributed by atoms with E-state index in [-0.39, 0.29) is 6.54 Å². The van der Waals surface area contributed by atoms with Crippen LogP contribution in [0.5, 0.6) is 0 Å². The van der Waals surface area contributed by atoms with Crippen molar-refractivity contribution in [2.24, 2.45) is 0 Å². The second-order valence-electron chi connectivity index (χ2n) is 4.39. The van der Waals surface area contributed by atoms with Crippen molar-refractivity contribution in [3.63, 3.8) is 0 Å². The minimum atomic E-state index is -1.46. The van der Waals surface area contributed by atoms with Crippen LogP contribution in [0.4, 0.5) is 4.79 Å². The van der Waals surface area contributed by atoms with Crippen LogP contribution in [-0.4, -0.2) is 46.2 Å². The molecule has 0 fully saturated rings. The number of carboxylic acid groups (broad SMARTS) is 2. The summed E-state index contributed by atoms with van der Waals surface area (Å²) in [7, 11) is 1.49. The smallest absolute Gasteiger partial charge is 0.326 e. The molecule has 0 spiro atoms. The lowest BCUT2D eigenvalue weighted by atomic mass is 10.2. The summed E-state index contributed by atoms with van der Waals surface area (Å²) in [5.41, 5.74) is 0.847. The minimum absolute atomic E-state index is 0.257. The summed E-state index contributed by atoms with van der Waals surface area (Å²) in [6.07, 6.45) is -0.677. The lowest BCUT2D eigenvalue weighted by molar-refractivity contribution is -0.145. The van der Waals surface area contributed by atoms with Gasteiger partial charge in [-0.05, 0) is 11.6 Å². The Kier molecular flexibility index (Phi) is 6.16. The van der Waals surface area contributed by atoms with Crippen molar-refractivity contribution in [2.45, 2.75) is 19.0 Å². The summed E-state index contributed by atoms with van der Waals surface area (Å²) in [4.78, 5) is 34.6. The molecule has 8 heteroatoms. The Balaban J connectivity index is 2.67. The fourth-order valence-electron chi connectivity index (χ4n) is 1.59. The van der Waals surface area contributed by atoms with Gasteiger partial charge in [0, 0.05) is 18.1 Å². The highest BCUT2D eigenvalue weighted by atomic mass is 79.9. The van der Waals surface area contributed by atoms with Crippen LogP contribution in [0.15, 0.2) is 28.7 Å². The number of carbonyl (C=O) groups is 3. The summed E-state index contributed by atoms with van der Waals surface area (Å²) < 4.78 is 0.824. The molecule has 0 bridgehead atoms. The van der Waals surface area contributed by atoms with E-state index >= 15 is 0 Å². The Morgan fingerprint density at radius 2 is 1.90 bits per heavy atom. The summed E-state index contributed by atoms with van der Waals surface area (Å²) in [5.74, 6) is -2.68. The molecule has 1 rings (SSSR count). The monoisotopic (exact) mass is 358 g/mol. The van der Waals surface area contributed by atoms with Gasteiger partial charge in [-0.3, -0.25) is 4.79 Å². The third-order valence-corrected chi connectivity index (χ3v) is 3.46. The van der Waals surface area contributed by atoms with Gasteiger partial charge in [-0.25, -0.2) is 9.59 Å². The zero-order valence-electron chi connectivity index (χ0n) is 11.2. The Morgan fingerprint density at radius 3 is 2.43 bits per heavy atom. The van der Waals surface area contributed by atoms with Gasteiger partial charge >= 0.3 is 18.0 Å². The first-order chi connectivity index (χ1) is 9.81. The fraction of sp³-hybridized carbons (Fsp3) is 0.308. The number of halogens is 1. The number of amides is 2. The van der Waals surface area contributed by atoms with Gasteiger partial charge in [0.1, 0.15) is 6.04 Å². The van der Waals surface area contributed by atoms with Gasteiger partial charge in [-0.1, -0.05) is 34.1 Å². The van der Waals surface area contributed by atoms with Crippen LogP contribution < -0.4 is 5.32 Å². The Bertz CT molecular complexity index is 549. The van der Waals surface area contributed by atoms with Gasteiger partial charge < -0.3 is 20.4 Å². The van der Waals surface area contributed by atoms with Crippen molar-refractivity contribution in [3.05, 3.63) is 34.3 Å². The van der Waals surface area contributed by atoms with E-state index in [0.717, 1.165) is 10.0 Å². The van der Waals surface area contributed by atoms with Crippen LogP contribution >= 0.6 is 15.9 Å². The number of nitrogens with one attached hydrogen (secondary N) is 1. The molecule has 0 saturated heterocycles. The molecule has 2 amide bonds. The molecule has 0 aliphatic rings. The van der Waals surface area contributed by atoms with Crippen LogP contribution in [0.1, 0.15) is 12.0 Å². The van der Waals surface area contributed by atoms with Gasteiger partial charge in [0.15, 0.2) is 0 Å². The number of rotatable bonds is 6. The molecule has 0 aliphatic heterocycles. The van der Waals surface area contributed by atoms with Gasteiger partial charge in [-0.15, -0.1) is 0 Å². The van der Waals surface area contributed by atoms with E-state index in [4.69, 9.17) is 10.2 Å². The van der Waals surface area contributed by atoms with E-state index in [0.29, 0.717) is 0 Å². The third kappa shape index (κ3) is 5.42. The molecule has 0 radical (unpaired) electrons. The number of nitrogens with zero attached hydrogens (tertiary/aromatic N) is 1. The van der Waals surface area contributed by atoms with E-state index in [1.54, 1.807) is 0 Å². The molecule has 0 saturated carbocycles. The third-order valence-electron chi connectivity index (χ3n) is 2.69. The van der Waals surface area contributed by atoms with Crippen LogP contribution in [0.3, 0.4) is 0 Å². The van der Waals surface area contributed by atoms with Crippen molar-refractivity contribution in [1.82, 2.24) is 10.2 Å². The van der Waals surface area contributed by atoms with E-state index < -0.39 is 30.4 Å². The molecule has 0 aliphatic carbocycles. The molecule has 7 nitrogen and oxygen atoms in total. The quantitative estimate of drug-likeness (QED) is 0.714. The van der Waals surface area contributed by atoms with Crippen molar-refractivity contribution in [2.75, 3.05) is 7.05 Å². The molecule has 1 aromatic rings. The average Bonchev–Trinajstić information content (AvgIpc) is 2.39. The van der Waals surface area contributed by atoms with Gasteiger partial charge in [0.05, 0.1) is 6.42 Å². The van der Waals surface area contributed by atoms with E-state index in [1.807, 2.05) is 24.3 Å². The van der Waals surface area contributed by atoms with Gasteiger partial charge in [0.2, 0.25) is 0 Å². The normalized spacial score (nSPS) is 11.5. The van der Waals surface area contributed by atoms with E-state index in [9.17, 15) is 14.4 Å². The first-order valence-electron chi connectivity index (χ1n) is 6.01. The van der Waals surface area contributed by atoms with Crippen molar-refractivity contribution >= 4 is 33.9 Å². The van der Waals surface area contributed by atoms with Crippen LogP contribution in [0, 0.1) is 0 Å². The molecular formula is C13H15BrN2O5. The maximum Gasteiger partial charge on any atom is 0.326 e. The van der Waals surface area contributed by atoms with Crippen LogP contribution in [0.2, 0.25) is 0 Å². The largest absolute Gasteiger partial charge is 0.481 e. The highest BCUT2D eigenvalue weighted by Crippen LogP contribution is 2.17. The zero-order chi connectivity index (χ0) is 16.0. The molecular weight excluding hydrogens is 344 g/mol. The Labute approximate surface area is 129 Å². The molecule has 21 heavy (non-hydrogen) atoms. The Morgan fingerprint density at radius 1 is 1.29 bits per heavy atom. The first-order valence-corrected chi connectivity index (χ1v) is 6.80. The average molecular weight is 359 g/mol. The number of carboxylic acids is 2. The molecule has 1 unspecified atom stereocenters. The molecule has 3 N–H and O–H groups in total. The number of hydrogen-bond donors (Lipinski definition) is 3.